The summed E-state index contributed by atoms with van der Waals surface area (Å²) in [4.78, 5) is 19.5. The highest BCUT2D eigenvalue weighted by atomic mass is 32.2. The van der Waals surface area contributed by atoms with Crippen LogP contribution in [-0.2, 0) is 21.5 Å². The lowest BCUT2D eigenvalue weighted by Crippen LogP contribution is -2.25. The highest BCUT2D eigenvalue weighted by Gasteiger charge is 2.25. The van der Waals surface area contributed by atoms with Crippen molar-refractivity contribution in [3.8, 4) is 0 Å². The predicted molar refractivity (Wildman–Crippen MR) is 142 cm³/mol. The molecule has 0 bridgehead atoms. The van der Waals surface area contributed by atoms with Crippen molar-refractivity contribution >= 4 is 40.3 Å². The van der Waals surface area contributed by atoms with E-state index in [4.69, 9.17) is 9.72 Å². The first kappa shape index (κ1) is 24.6. The molecule has 0 spiro atoms. The Balaban J connectivity index is 1.57. The number of nitrogens with zero attached hydrogens (tertiary/aromatic N) is 4. The van der Waals surface area contributed by atoms with Gasteiger partial charge in [0, 0.05) is 62.5 Å². The molecule has 6 nitrogen and oxygen atoms in total. The summed E-state index contributed by atoms with van der Waals surface area (Å²) in [5.74, 6) is 1.80. The number of hydrogen-bond acceptors (Lipinski definition) is 5. The number of imidazole rings is 1. The number of aromatic nitrogens is 2. The van der Waals surface area contributed by atoms with Crippen LogP contribution in [-0.4, -0.2) is 42.8 Å². The zero-order valence-corrected chi connectivity index (χ0v) is 22.0. The Labute approximate surface area is 207 Å². The van der Waals surface area contributed by atoms with Crippen LogP contribution in [0.3, 0.4) is 0 Å². The van der Waals surface area contributed by atoms with Crippen molar-refractivity contribution in [1.29, 1.82) is 0 Å². The first-order chi connectivity index (χ1) is 16.1. The first-order valence-corrected chi connectivity index (χ1v) is 12.8. The van der Waals surface area contributed by atoms with E-state index in [9.17, 15) is 4.79 Å². The van der Waals surface area contributed by atoms with E-state index in [1.54, 1.807) is 30.8 Å². The molecule has 0 N–H and O–H groups in total. The van der Waals surface area contributed by atoms with E-state index in [0.717, 1.165) is 60.2 Å². The number of hydrogen-bond donors (Lipinski definition) is 0. The predicted octanol–water partition coefficient (Wildman–Crippen LogP) is 5.89. The third-order valence-corrected chi connectivity index (χ3v) is 7.45. The molecule has 1 aromatic heterocycles. The molecule has 1 saturated heterocycles. The molecule has 2 aromatic carbocycles. The lowest BCUT2D eigenvalue weighted by atomic mass is 9.94. The highest BCUT2D eigenvalue weighted by Crippen LogP contribution is 2.34. The largest absolute Gasteiger partial charge is 0.381 e. The van der Waals surface area contributed by atoms with E-state index >= 15 is 0 Å². The molecule has 7 heteroatoms. The van der Waals surface area contributed by atoms with Crippen molar-refractivity contribution in [2.75, 3.05) is 36.5 Å². The Kier molecular flexibility index (Phi) is 7.24. The summed E-state index contributed by atoms with van der Waals surface area (Å²) in [6.07, 6.45) is 2.23. The minimum absolute atomic E-state index is 0.0247. The van der Waals surface area contributed by atoms with Crippen LogP contribution >= 0.6 is 11.9 Å². The quantitative estimate of drug-likeness (QED) is 0.412. The Morgan fingerprint density at radius 1 is 1.09 bits per heavy atom. The summed E-state index contributed by atoms with van der Waals surface area (Å²) in [5.41, 5.74) is 4.22. The van der Waals surface area contributed by atoms with Gasteiger partial charge < -0.3 is 18.5 Å². The average Bonchev–Trinajstić information content (AvgIpc) is 3.18. The lowest BCUT2D eigenvalue weighted by Gasteiger charge is -2.26. The zero-order valence-electron chi connectivity index (χ0n) is 21.2. The Hall–Kier alpha value is -2.51. The second-order valence-corrected chi connectivity index (χ2v) is 11.4. The van der Waals surface area contributed by atoms with Crippen molar-refractivity contribution in [1.82, 2.24) is 9.55 Å². The van der Waals surface area contributed by atoms with E-state index < -0.39 is 0 Å². The summed E-state index contributed by atoms with van der Waals surface area (Å²) < 4.78 is 10.2. The fourth-order valence-electron chi connectivity index (χ4n) is 4.38. The van der Waals surface area contributed by atoms with Gasteiger partial charge in [0.1, 0.15) is 5.82 Å². The molecule has 0 aliphatic carbocycles. The van der Waals surface area contributed by atoms with Crippen LogP contribution in [0.1, 0.15) is 46.4 Å². The monoisotopic (exact) mass is 480 g/mol. The second kappa shape index (κ2) is 10.0. The molecule has 0 atom stereocenters. The van der Waals surface area contributed by atoms with Gasteiger partial charge >= 0.3 is 0 Å². The fraction of sp³-hybridized carbons (Fsp3) is 0.481. The number of rotatable bonds is 6. The summed E-state index contributed by atoms with van der Waals surface area (Å²) in [7, 11) is 3.87. The summed E-state index contributed by atoms with van der Waals surface area (Å²) in [6, 6.07) is 14.7. The molecular weight excluding hydrogens is 444 g/mol. The van der Waals surface area contributed by atoms with Gasteiger partial charge in [0.15, 0.2) is 0 Å². The zero-order chi connectivity index (χ0) is 24.5. The van der Waals surface area contributed by atoms with Gasteiger partial charge in [-0.1, -0.05) is 20.8 Å². The number of amides is 1. The summed E-state index contributed by atoms with van der Waals surface area (Å²) >= 11 is 1.66. The van der Waals surface area contributed by atoms with Crippen LogP contribution in [0, 0.1) is 5.92 Å². The Bertz CT molecular complexity index is 1140. The number of carbonyl (C=O) groups is 1. The number of ether oxygens (including phenoxy) is 1. The normalized spacial score (nSPS) is 15.0. The molecule has 4 rings (SSSR count). The molecule has 182 valence electrons. The maximum absolute atomic E-state index is 11.6. The van der Waals surface area contributed by atoms with Gasteiger partial charge in [-0.05, 0) is 73.2 Å². The van der Waals surface area contributed by atoms with Crippen LogP contribution in [0.2, 0.25) is 0 Å². The van der Waals surface area contributed by atoms with Gasteiger partial charge in [-0.15, -0.1) is 0 Å². The SMILES string of the molecule is CC(=O)N(C)c1ccc(SN(C)c2ccc3c(c2)nc(C(C)(C)C)n3CC2CCOCC2)cc1. The Morgan fingerprint density at radius 2 is 1.74 bits per heavy atom. The van der Waals surface area contributed by atoms with E-state index in [2.05, 4.69) is 67.0 Å². The molecule has 3 aromatic rings. The standard InChI is InChI=1S/C27H36N4O2S/c1-19(32)29(5)21-7-10-23(11-8-21)34-30(6)22-9-12-25-24(17-22)28-26(27(2,3)4)31(25)18-20-13-15-33-16-14-20/h7-12,17,20H,13-16,18H2,1-6H3. The van der Waals surface area contributed by atoms with E-state index in [1.165, 1.54) is 5.52 Å². The third kappa shape index (κ3) is 5.41. The molecule has 1 aliphatic rings. The third-order valence-electron chi connectivity index (χ3n) is 6.49. The summed E-state index contributed by atoms with van der Waals surface area (Å²) in [5, 5.41) is 0. The van der Waals surface area contributed by atoms with Crippen LogP contribution in [0.4, 0.5) is 11.4 Å². The average molecular weight is 481 g/mol. The minimum Gasteiger partial charge on any atom is -0.381 e. The van der Waals surface area contributed by atoms with Crippen LogP contribution in [0.5, 0.6) is 0 Å². The molecule has 0 radical (unpaired) electrons. The number of benzene rings is 2. The van der Waals surface area contributed by atoms with Crippen molar-refractivity contribution in [3.05, 3.63) is 48.3 Å². The number of anilines is 2. The van der Waals surface area contributed by atoms with E-state index in [-0.39, 0.29) is 11.3 Å². The molecular formula is C27H36N4O2S. The van der Waals surface area contributed by atoms with Crippen molar-refractivity contribution in [3.63, 3.8) is 0 Å². The maximum Gasteiger partial charge on any atom is 0.223 e. The van der Waals surface area contributed by atoms with E-state index in [1.807, 2.05) is 12.1 Å². The van der Waals surface area contributed by atoms with Crippen LogP contribution < -0.4 is 9.21 Å². The van der Waals surface area contributed by atoms with Crippen molar-refractivity contribution in [2.24, 2.45) is 5.92 Å². The van der Waals surface area contributed by atoms with E-state index in [0.29, 0.717) is 5.92 Å². The molecule has 1 amide bonds. The number of carbonyl (C=O) groups excluding carboxylic acids is 1. The van der Waals surface area contributed by atoms with Crippen LogP contribution in [0.15, 0.2) is 47.4 Å². The molecule has 2 heterocycles. The van der Waals surface area contributed by atoms with Gasteiger partial charge in [-0.3, -0.25) is 4.79 Å². The molecule has 0 saturated carbocycles. The molecule has 34 heavy (non-hydrogen) atoms. The molecule has 1 aliphatic heterocycles. The second-order valence-electron chi connectivity index (χ2n) is 10.2. The van der Waals surface area contributed by atoms with Gasteiger partial charge in [0.2, 0.25) is 5.91 Å². The first-order valence-electron chi connectivity index (χ1n) is 12.0. The topological polar surface area (TPSA) is 50.6 Å². The number of fused-ring (bicyclic) bond motifs is 1. The lowest BCUT2D eigenvalue weighted by molar-refractivity contribution is -0.116. The van der Waals surface area contributed by atoms with Crippen molar-refractivity contribution < 1.29 is 9.53 Å². The Morgan fingerprint density at radius 3 is 2.35 bits per heavy atom. The molecule has 0 unspecified atom stereocenters. The maximum atomic E-state index is 11.6. The van der Waals surface area contributed by atoms with Crippen LogP contribution in [0.25, 0.3) is 11.0 Å². The van der Waals surface area contributed by atoms with Crippen molar-refractivity contribution in [2.45, 2.75) is 57.4 Å². The van der Waals surface area contributed by atoms with Gasteiger partial charge in [-0.2, -0.15) is 0 Å². The van der Waals surface area contributed by atoms with Gasteiger partial charge in [-0.25, -0.2) is 4.98 Å². The minimum atomic E-state index is -0.0280. The highest BCUT2D eigenvalue weighted by molar-refractivity contribution is 8.00. The van der Waals surface area contributed by atoms with Gasteiger partial charge in [0.25, 0.3) is 0 Å². The van der Waals surface area contributed by atoms with Gasteiger partial charge in [0.05, 0.1) is 11.0 Å². The fourth-order valence-corrected chi connectivity index (χ4v) is 5.17. The molecule has 1 fully saturated rings. The smallest absolute Gasteiger partial charge is 0.223 e. The summed E-state index contributed by atoms with van der Waals surface area (Å²) in [6.45, 7) is 11.0.